The van der Waals surface area contributed by atoms with Gasteiger partial charge in [0.15, 0.2) is 0 Å². The lowest BCUT2D eigenvalue weighted by atomic mass is 10.0. The van der Waals surface area contributed by atoms with Crippen LogP contribution >= 0.6 is 11.6 Å². The zero-order valence-corrected chi connectivity index (χ0v) is 13.9. The number of rotatable bonds is 3. The predicted molar refractivity (Wildman–Crippen MR) is 94.9 cm³/mol. The van der Waals surface area contributed by atoms with Gasteiger partial charge in [-0.2, -0.15) is 10.2 Å². The summed E-state index contributed by atoms with van der Waals surface area (Å²) in [5.74, 6) is -0.865. The summed E-state index contributed by atoms with van der Waals surface area (Å²) in [7, 11) is 1.83. The van der Waals surface area contributed by atoms with Crippen molar-refractivity contribution < 1.29 is 9.59 Å². The van der Waals surface area contributed by atoms with E-state index in [0.29, 0.717) is 16.8 Å². The Kier molecular flexibility index (Phi) is 3.54. The maximum atomic E-state index is 12.4. The fourth-order valence-corrected chi connectivity index (χ4v) is 2.99. The highest BCUT2D eigenvalue weighted by Gasteiger charge is 2.22. The van der Waals surface area contributed by atoms with Crippen LogP contribution in [-0.4, -0.2) is 38.7 Å². The van der Waals surface area contributed by atoms with E-state index in [9.17, 15) is 9.59 Å². The van der Waals surface area contributed by atoms with Gasteiger partial charge in [-0.15, -0.1) is 11.6 Å². The summed E-state index contributed by atoms with van der Waals surface area (Å²) in [5, 5.41) is 11.6. The monoisotopic (exact) mass is 356 g/mol. The summed E-state index contributed by atoms with van der Waals surface area (Å²) in [4.78, 5) is 27.2. The zero-order valence-electron chi connectivity index (χ0n) is 13.1. The fraction of sp³-hybridized carbons (Fsp3) is 0.125. The van der Waals surface area contributed by atoms with E-state index in [1.54, 1.807) is 29.2 Å². The van der Waals surface area contributed by atoms with E-state index in [1.807, 2.05) is 13.2 Å². The number of hydrogen-bond acceptors (Lipinski definition) is 4. The molecule has 0 unspecified atom stereocenters. The van der Waals surface area contributed by atoms with E-state index >= 15 is 0 Å². The maximum Gasteiger partial charge on any atom is 0.272 e. The van der Waals surface area contributed by atoms with Crippen molar-refractivity contribution in [3.05, 3.63) is 35.7 Å². The van der Waals surface area contributed by atoms with Crippen LogP contribution in [0.5, 0.6) is 0 Å². The number of nitrogens with one attached hydrogen (secondary N) is 3. The van der Waals surface area contributed by atoms with Crippen LogP contribution < -0.4 is 10.7 Å². The molecule has 0 saturated carbocycles. The SMILES string of the molecule is Cn1cc(-c2[nH]c3cc(NC(=O)CCl)cc4c3c2C=NNC4=O)cn1. The highest BCUT2D eigenvalue weighted by Crippen LogP contribution is 2.34. The van der Waals surface area contributed by atoms with Crippen LogP contribution in [0.15, 0.2) is 29.6 Å². The molecule has 126 valence electrons. The summed E-state index contributed by atoms with van der Waals surface area (Å²) in [6, 6.07) is 3.38. The van der Waals surface area contributed by atoms with Crippen molar-refractivity contribution in [3.8, 4) is 11.3 Å². The molecule has 2 amide bonds. The number of benzene rings is 1. The third-order valence-corrected chi connectivity index (χ3v) is 4.18. The minimum atomic E-state index is -0.349. The molecular formula is C16H13ClN6O2. The average molecular weight is 357 g/mol. The number of aryl methyl sites for hydroxylation is 1. The number of halogens is 1. The average Bonchev–Trinajstić information content (AvgIpc) is 3.12. The molecule has 0 radical (unpaired) electrons. The first-order valence-electron chi connectivity index (χ1n) is 7.45. The molecule has 9 heteroatoms. The van der Waals surface area contributed by atoms with Crippen LogP contribution in [0.1, 0.15) is 15.9 Å². The summed E-state index contributed by atoms with van der Waals surface area (Å²) in [6.07, 6.45) is 5.20. The van der Waals surface area contributed by atoms with Crippen LogP contribution in [-0.2, 0) is 11.8 Å². The van der Waals surface area contributed by atoms with E-state index in [2.05, 4.69) is 25.9 Å². The van der Waals surface area contributed by atoms with Gasteiger partial charge >= 0.3 is 0 Å². The van der Waals surface area contributed by atoms with Gasteiger partial charge < -0.3 is 10.3 Å². The van der Waals surface area contributed by atoms with Crippen molar-refractivity contribution in [1.29, 1.82) is 0 Å². The largest absolute Gasteiger partial charge is 0.354 e. The molecule has 0 aliphatic carbocycles. The van der Waals surface area contributed by atoms with E-state index in [0.717, 1.165) is 22.2 Å². The lowest BCUT2D eigenvalue weighted by Crippen LogP contribution is -2.17. The molecule has 8 nitrogen and oxygen atoms in total. The Morgan fingerprint density at radius 1 is 1.40 bits per heavy atom. The molecule has 0 bridgehead atoms. The Morgan fingerprint density at radius 2 is 2.24 bits per heavy atom. The number of amides is 2. The molecule has 1 aliphatic rings. The number of anilines is 1. The molecule has 25 heavy (non-hydrogen) atoms. The van der Waals surface area contributed by atoms with Crippen molar-refractivity contribution in [3.63, 3.8) is 0 Å². The summed E-state index contributed by atoms with van der Waals surface area (Å²) >= 11 is 5.54. The molecule has 0 saturated heterocycles. The zero-order chi connectivity index (χ0) is 17.6. The molecule has 3 aromatic rings. The van der Waals surface area contributed by atoms with E-state index in [4.69, 9.17) is 11.6 Å². The minimum absolute atomic E-state index is 0.167. The van der Waals surface area contributed by atoms with Crippen molar-refractivity contribution in [2.75, 3.05) is 11.2 Å². The molecular weight excluding hydrogens is 344 g/mol. The Morgan fingerprint density at radius 3 is 2.96 bits per heavy atom. The highest BCUT2D eigenvalue weighted by molar-refractivity contribution is 6.29. The van der Waals surface area contributed by atoms with Gasteiger partial charge in [0, 0.05) is 41.0 Å². The smallest absolute Gasteiger partial charge is 0.272 e. The molecule has 1 aliphatic heterocycles. The maximum absolute atomic E-state index is 12.4. The molecule has 0 fully saturated rings. The number of alkyl halides is 1. The topological polar surface area (TPSA) is 104 Å². The number of aromatic amines is 1. The molecule has 0 spiro atoms. The number of hydrogen-bond donors (Lipinski definition) is 3. The predicted octanol–water partition coefficient (Wildman–Crippen LogP) is 1.82. The molecule has 2 aromatic heterocycles. The number of aromatic nitrogens is 3. The third-order valence-electron chi connectivity index (χ3n) is 3.94. The van der Waals surface area contributed by atoms with Crippen molar-refractivity contribution >= 4 is 46.2 Å². The Labute approximate surface area is 146 Å². The van der Waals surface area contributed by atoms with Gasteiger partial charge in [-0.25, -0.2) is 5.43 Å². The molecule has 4 rings (SSSR count). The first-order valence-corrected chi connectivity index (χ1v) is 7.98. The number of carbonyl (C=O) groups excluding carboxylic acids is 2. The van der Waals surface area contributed by atoms with Gasteiger partial charge in [-0.1, -0.05) is 0 Å². The Balaban J connectivity index is 1.97. The van der Waals surface area contributed by atoms with Crippen molar-refractivity contribution in [1.82, 2.24) is 20.2 Å². The Hall–Kier alpha value is -3.13. The van der Waals surface area contributed by atoms with Gasteiger partial charge in [0.1, 0.15) is 5.88 Å². The summed E-state index contributed by atoms with van der Waals surface area (Å²) in [6.45, 7) is 0. The lowest BCUT2D eigenvalue weighted by molar-refractivity contribution is -0.113. The third kappa shape index (κ3) is 2.56. The molecule has 3 heterocycles. The Bertz CT molecular complexity index is 1050. The molecule has 0 atom stereocenters. The number of carbonyl (C=O) groups is 2. The first kappa shape index (κ1) is 15.4. The number of hydrazone groups is 1. The van der Waals surface area contributed by atoms with Gasteiger partial charge in [-0.3, -0.25) is 14.3 Å². The second-order valence-electron chi connectivity index (χ2n) is 5.64. The van der Waals surface area contributed by atoms with E-state index in [1.165, 1.54) is 0 Å². The van der Waals surface area contributed by atoms with E-state index in [-0.39, 0.29) is 17.7 Å². The van der Waals surface area contributed by atoms with Crippen LogP contribution in [0.2, 0.25) is 0 Å². The fourth-order valence-electron chi connectivity index (χ4n) is 2.93. The van der Waals surface area contributed by atoms with Crippen LogP contribution in [0.4, 0.5) is 5.69 Å². The standard InChI is InChI=1S/C16H13ClN6O2/c1-23-7-8(5-19-23)15-11-6-18-22-16(25)10-2-9(20-13(24)4-17)3-12(21-15)14(10)11/h2-3,5-7,21H,4H2,1H3,(H,20,24)(H,22,25). The van der Waals surface area contributed by atoms with Crippen molar-refractivity contribution in [2.45, 2.75) is 0 Å². The molecule has 1 aromatic carbocycles. The van der Waals surface area contributed by atoms with Gasteiger partial charge in [-0.05, 0) is 12.1 Å². The summed E-state index contributed by atoms with van der Waals surface area (Å²) < 4.78 is 1.69. The van der Waals surface area contributed by atoms with E-state index < -0.39 is 0 Å². The second-order valence-corrected chi connectivity index (χ2v) is 5.91. The second kappa shape index (κ2) is 5.75. The number of H-pyrrole nitrogens is 1. The lowest BCUT2D eigenvalue weighted by Gasteiger charge is -2.07. The quantitative estimate of drug-likeness (QED) is 0.623. The molecule has 3 N–H and O–H groups in total. The minimum Gasteiger partial charge on any atom is -0.354 e. The normalized spacial score (nSPS) is 13.0. The van der Waals surface area contributed by atoms with Crippen molar-refractivity contribution in [2.24, 2.45) is 12.1 Å². The van der Waals surface area contributed by atoms with Gasteiger partial charge in [0.2, 0.25) is 5.91 Å². The first-order chi connectivity index (χ1) is 12.1. The van der Waals surface area contributed by atoms with Gasteiger partial charge in [0.25, 0.3) is 5.91 Å². The van der Waals surface area contributed by atoms with Crippen LogP contribution in [0.3, 0.4) is 0 Å². The number of nitrogens with zero attached hydrogens (tertiary/aromatic N) is 3. The highest BCUT2D eigenvalue weighted by atomic mass is 35.5. The van der Waals surface area contributed by atoms with Crippen LogP contribution in [0.25, 0.3) is 22.2 Å². The van der Waals surface area contributed by atoms with Gasteiger partial charge in [0.05, 0.1) is 23.7 Å². The summed E-state index contributed by atoms with van der Waals surface area (Å²) in [5.41, 5.74) is 6.53. The van der Waals surface area contributed by atoms with Crippen LogP contribution in [0, 0.1) is 0 Å².